The van der Waals surface area contributed by atoms with Crippen LogP contribution in [-0.4, -0.2) is 55.4 Å². The largest absolute Gasteiger partial charge is 0.378 e. The molecule has 148 valence electrons. The van der Waals surface area contributed by atoms with Gasteiger partial charge in [0.1, 0.15) is 24.3 Å². The standard InChI is InChI=1S/C22H19N7O/c1-3-7-18-16(5-1)23-14-28(18)20-13-21(26-22(25-20)27-9-11-30-12-10-27)29-15-24-17-6-2-4-8-19(17)29/h1-8,13-15H,9-12H2. The van der Waals surface area contributed by atoms with E-state index in [1.165, 1.54) is 0 Å². The van der Waals surface area contributed by atoms with Crippen molar-refractivity contribution in [2.75, 3.05) is 31.2 Å². The van der Waals surface area contributed by atoms with Crippen LogP contribution in [0.15, 0.2) is 67.3 Å². The third-order valence-corrected chi connectivity index (χ3v) is 5.38. The van der Waals surface area contributed by atoms with Crippen molar-refractivity contribution in [2.45, 2.75) is 0 Å². The van der Waals surface area contributed by atoms with E-state index in [1.54, 1.807) is 0 Å². The molecule has 8 nitrogen and oxygen atoms in total. The van der Waals surface area contributed by atoms with Crippen LogP contribution in [0.3, 0.4) is 0 Å². The minimum Gasteiger partial charge on any atom is -0.378 e. The summed E-state index contributed by atoms with van der Waals surface area (Å²) in [7, 11) is 0. The minimum absolute atomic E-state index is 0.672. The maximum atomic E-state index is 5.51. The van der Waals surface area contributed by atoms with Crippen molar-refractivity contribution in [3.8, 4) is 11.6 Å². The zero-order chi connectivity index (χ0) is 19.9. The van der Waals surface area contributed by atoms with E-state index < -0.39 is 0 Å². The first-order chi connectivity index (χ1) is 14.9. The Morgan fingerprint density at radius 3 is 1.80 bits per heavy atom. The third-order valence-electron chi connectivity index (χ3n) is 5.38. The van der Waals surface area contributed by atoms with E-state index in [0.29, 0.717) is 19.2 Å². The number of nitrogens with zero attached hydrogens (tertiary/aromatic N) is 7. The van der Waals surface area contributed by atoms with Crippen molar-refractivity contribution < 1.29 is 4.74 Å². The third kappa shape index (κ3) is 2.81. The Morgan fingerprint density at radius 1 is 0.700 bits per heavy atom. The number of para-hydroxylation sites is 4. The number of hydrogen-bond donors (Lipinski definition) is 0. The van der Waals surface area contributed by atoms with Crippen LogP contribution in [0.2, 0.25) is 0 Å². The molecule has 0 radical (unpaired) electrons. The van der Waals surface area contributed by atoms with Crippen molar-refractivity contribution in [1.29, 1.82) is 0 Å². The second-order valence-corrected chi connectivity index (χ2v) is 7.19. The minimum atomic E-state index is 0.672. The zero-order valence-corrected chi connectivity index (χ0v) is 16.2. The first-order valence-electron chi connectivity index (χ1n) is 9.93. The van der Waals surface area contributed by atoms with Gasteiger partial charge in [0.2, 0.25) is 5.95 Å². The second-order valence-electron chi connectivity index (χ2n) is 7.19. The average molecular weight is 397 g/mol. The lowest BCUT2D eigenvalue weighted by Gasteiger charge is -2.27. The van der Waals surface area contributed by atoms with Gasteiger partial charge in [0.15, 0.2) is 0 Å². The average Bonchev–Trinajstić information content (AvgIpc) is 3.44. The Labute approximate surface area is 172 Å². The summed E-state index contributed by atoms with van der Waals surface area (Å²) in [5.41, 5.74) is 3.87. The van der Waals surface area contributed by atoms with Crippen LogP contribution in [0.5, 0.6) is 0 Å². The molecule has 0 amide bonds. The second kappa shape index (κ2) is 6.93. The van der Waals surface area contributed by atoms with Crippen LogP contribution in [0.1, 0.15) is 0 Å². The molecule has 1 fully saturated rings. The maximum absolute atomic E-state index is 5.51. The summed E-state index contributed by atoms with van der Waals surface area (Å²) in [6, 6.07) is 18.1. The molecule has 2 aromatic carbocycles. The molecule has 0 N–H and O–H groups in total. The SMILES string of the molecule is c1ccc2c(c1)ncn2-c1cc(-n2cnc3ccccc32)nc(N2CCOCC2)n1. The predicted octanol–water partition coefficient (Wildman–Crippen LogP) is 2.99. The molecule has 0 aliphatic carbocycles. The Balaban J connectivity index is 1.56. The summed E-state index contributed by atoms with van der Waals surface area (Å²) >= 11 is 0. The lowest BCUT2D eigenvalue weighted by Crippen LogP contribution is -2.37. The maximum Gasteiger partial charge on any atom is 0.229 e. The van der Waals surface area contributed by atoms with E-state index in [0.717, 1.165) is 46.8 Å². The van der Waals surface area contributed by atoms with Crippen LogP contribution in [0.4, 0.5) is 5.95 Å². The molecule has 1 aliphatic heterocycles. The van der Waals surface area contributed by atoms with Gasteiger partial charge < -0.3 is 9.64 Å². The van der Waals surface area contributed by atoms with E-state index >= 15 is 0 Å². The van der Waals surface area contributed by atoms with Gasteiger partial charge in [-0.05, 0) is 24.3 Å². The number of imidazole rings is 2. The van der Waals surface area contributed by atoms with E-state index in [2.05, 4.69) is 14.9 Å². The van der Waals surface area contributed by atoms with Crippen molar-refractivity contribution in [3.63, 3.8) is 0 Å². The van der Waals surface area contributed by atoms with Crippen LogP contribution < -0.4 is 4.90 Å². The highest BCUT2D eigenvalue weighted by Gasteiger charge is 2.18. The summed E-state index contributed by atoms with van der Waals surface area (Å²) in [5.74, 6) is 2.22. The van der Waals surface area contributed by atoms with E-state index in [1.807, 2.05) is 76.4 Å². The van der Waals surface area contributed by atoms with Gasteiger partial charge in [-0.1, -0.05) is 24.3 Å². The Bertz CT molecular complexity index is 1260. The predicted molar refractivity (Wildman–Crippen MR) is 114 cm³/mol. The molecule has 6 rings (SSSR count). The molecule has 0 spiro atoms. The van der Waals surface area contributed by atoms with E-state index in [9.17, 15) is 0 Å². The Hall–Kier alpha value is -3.78. The summed E-state index contributed by atoms with van der Waals surface area (Å²) in [4.78, 5) is 21.0. The summed E-state index contributed by atoms with van der Waals surface area (Å²) in [6.45, 7) is 2.87. The summed E-state index contributed by atoms with van der Waals surface area (Å²) in [5, 5.41) is 0. The van der Waals surface area contributed by atoms with Crippen molar-refractivity contribution in [2.24, 2.45) is 0 Å². The van der Waals surface area contributed by atoms with Gasteiger partial charge in [0, 0.05) is 19.2 Å². The highest BCUT2D eigenvalue weighted by Crippen LogP contribution is 2.23. The first-order valence-corrected chi connectivity index (χ1v) is 9.93. The molecule has 1 saturated heterocycles. The first kappa shape index (κ1) is 17.1. The van der Waals surface area contributed by atoms with Crippen LogP contribution in [-0.2, 0) is 4.74 Å². The van der Waals surface area contributed by atoms with Crippen molar-refractivity contribution >= 4 is 28.0 Å². The number of fused-ring (bicyclic) bond motifs is 2. The van der Waals surface area contributed by atoms with Gasteiger partial charge in [0.25, 0.3) is 0 Å². The van der Waals surface area contributed by atoms with E-state index in [4.69, 9.17) is 14.7 Å². The smallest absolute Gasteiger partial charge is 0.229 e. The van der Waals surface area contributed by atoms with Gasteiger partial charge in [0.05, 0.1) is 35.3 Å². The Morgan fingerprint density at radius 2 is 1.23 bits per heavy atom. The molecule has 1 aliphatic rings. The number of aromatic nitrogens is 6. The van der Waals surface area contributed by atoms with Crippen LogP contribution in [0.25, 0.3) is 33.7 Å². The van der Waals surface area contributed by atoms with Gasteiger partial charge in [-0.15, -0.1) is 0 Å². The fourth-order valence-corrected chi connectivity index (χ4v) is 3.85. The van der Waals surface area contributed by atoms with E-state index in [-0.39, 0.29) is 0 Å². The normalized spacial score (nSPS) is 14.6. The highest BCUT2D eigenvalue weighted by molar-refractivity contribution is 5.78. The van der Waals surface area contributed by atoms with Crippen molar-refractivity contribution in [1.82, 2.24) is 29.1 Å². The lowest BCUT2D eigenvalue weighted by molar-refractivity contribution is 0.122. The molecule has 8 heteroatoms. The fourth-order valence-electron chi connectivity index (χ4n) is 3.85. The van der Waals surface area contributed by atoms with Gasteiger partial charge in [-0.3, -0.25) is 9.13 Å². The van der Waals surface area contributed by atoms with Gasteiger partial charge in [-0.25, -0.2) is 9.97 Å². The highest BCUT2D eigenvalue weighted by atomic mass is 16.5. The van der Waals surface area contributed by atoms with Gasteiger partial charge in [-0.2, -0.15) is 9.97 Å². The molecule has 30 heavy (non-hydrogen) atoms. The van der Waals surface area contributed by atoms with Gasteiger partial charge >= 0.3 is 0 Å². The number of rotatable bonds is 3. The molecular formula is C22H19N7O. The fraction of sp³-hybridized carbons (Fsp3) is 0.182. The number of anilines is 1. The lowest BCUT2D eigenvalue weighted by atomic mass is 10.3. The van der Waals surface area contributed by atoms with Crippen LogP contribution >= 0.6 is 0 Å². The summed E-state index contributed by atoms with van der Waals surface area (Å²) in [6.07, 6.45) is 3.62. The molecule has 0 bridgehead atoms. The number of hydrogen-bond acceptors (Lipinski definition) is 6. The summed E-state index contributed by atoms with van der Waals surface area (Å²) < 4.78 is 9.52. The Kier molecular flexibility index (Phi) is 3.95. The molecular weight excluding hydrogens is 378 g/mol. The van der Waals surface area contributed by atoms with Crippen molar-refractivity contribution in [3.05, 3.63) is 67.3 Å². The molecule has 0 atom stereocenters. The zero-order valence-electron chi connectivity index (χ0n) is 16.2. The molecule has 3 aromatic heterocycles. The molecule has 5 aromatic rings. The monoisotopic (exact) mass is 397 g/mol. The topological polar surface area (TPSA) is 73.9 Å². The number of ether oxygens (including phenoxy) is 1. The molecule has 4 heterocycles. The molecule has 0 saturated carbocycles. The number of morpholine rings is 1. The quantitative estimate of drug-likeness (QED) is 0.466. The molecule has 0 unspecified atom stereocenters. The van der Waals surface area contributed by atoms with Crippen LogP contribution in [0, 0.1) is 0 Å². The number of benzene rings is 2.